The lowest BCUT2D eigenvalue weighted by atomic mass is 10.1. The van der Waals surface area contributed by atoms with Gasteiger partial charge in [0.25, 0.3) is 0 Å². The third-order valence-electron chi connectivity index (χ3n) is 3.18. The summed E-state index contributed by atoms with van der Waals surface area (Å²) in [7, 11) is 0. The minimum atomic E-state index is 0.583. The first kappa shape index (κ1) is 14.5. The lowest BCUT2D eigenvalue weighted by molar-refractivity contribution is 1.15. The second kappa shape index (κ2) is 6.52. The zero-order valence-electron chi connectivity index (χ0n) is 11.1. The summed E-state index contributed by atoms with van der Waals surface area (Å²) in [5.41, 5.74) is 3.43. The number of hydrogen-bond acceptors (Lipinski definition) is 2. The maximum Gasteiger partial charge on any atom is 0.0595 e. The summed E-state index contributed by atoms with van der Waals surface area (Å²) in [4.78, 5) is 1.26. The zero-order chi connectivity index (χ0) is 14.7. The van der Waals surface area contributed by atoms with Crippen LogP contribution in [0.2, 0.25) is 10.0 Å². The van der Waals surface area contributed by atoms with Crippen molar-refractivity contribution in [3.8, 4) is 10.4 Å². The highest BCUT2D eigenvalue weighted by atomic mass is 35.5. The van der Waals surface area contributed by atoms with E-state index in [9.17, 15) is 0 Å². The first-order chi connectivity index (χ1) is 10.2. The minimum Gasteiger partial charge on any atom is -0.380 e. The molecule has 0 aliphatic heterocycles. The number of anilines is 1. The van der Waals surface area contributed by atoms with Gasteiger partial charge in [-0.05, 0) is 35.2 Å². The Hall–Kier alpha value is -1.48. The van der Waals surface area contributed by atoms with Crippen molar-refractivity contribution >= 4 is 40.2 Å². The Bertz CT molecular complexity index is 738. The van der Waals surface area contributed by atoms with Crippen molar-refractivity contribution < 1.29 is 0 Å². The third-order valence-corrected chi connectivity index (χ3v) is 4.82. The van der Waals surface area contributed by atoms with E-state index >= 15 is 0 Å². The van der Waals surface area contributed by atoms with Crippen LogP contribution in [0.3, 0.4) is 0 Å². The molecule has 0 unspecified atom stereocenters. The molecule has 0 atom stereocenters. The molecule has 0 spiro atoms. The zero-order valence-corrected chi connectivity index (χ0v) is 13.5. The predicted molar refractivity (Wildman–Crippen MR) is 93.5 cm³/mol. The molecule has 0 fully saturated rings. The van der Waals surface area contributed by atoms with Gasteiger partial charge in [-0.2, -0.15) is 0 Å². The molecule has 3 rings (SSSR count). The van der Waals surface area contributed by atoms with Gasteiger partial charge in [0.15, 0.2) is 0 Å². The Morgan fingerprint density at radius 3 is 2.52 bits per heavy atom. The van der Waals surface area contributed by atoms with E-state index in [1.807, 2.05) is 24.3 Å². The molecule has 1 nitrogen and oxygen atoms in total. The van der Waals surface area contributed by atoms with Crippen molar-refractivity contribution in [1.82, 2.24) is 0 Å². The first-order valence-corrected chi connectivity index (χ1v) is 8.18. The Morgan fingerprint density at radius 2 is 1.76 bits per heavy atom. The fourth-order valence-electron chi connectivity index (χ4n) is 2.13. The molecule has 0 aliphatic carbocycles. The summed E-state index contributed by atoms with van der Waals surface area (Å²) < 4.78 is 0. The van der Waals surface area contributed by atoms with Crippen molar-refractivity contribution in [2.24, 2.45) is 0 Å². The van der Waals surface area contributed by atoms with E-state index in [1.54, 1.807) is 11.3 Å². The summed E-state index contributed by atoms with van der Waals surface area (Å²) in [6.07, 6.45) is 0. The molecular formula is C17H13Cl2NS. The van der Waals surface area contributed by atoms with E-state index in [-0.39, 0.29) is 0 Å². The van der Waals surface area contributed by atoms with Gasteiger partial charge in [0, 0.05) is 22.7 Å². The van der Waals surface area contributed by atoms with E-state index in [4.69, 9.17) is 23.2 Å². The van der Waals surface area contributed by atoms with Crippen LogP contribution in [0.1, 0.15) is 5.56 Å². The number of nitrogens with one attached hydrogen (secondary N) is 1. The van der Waals surface area contributed by atoms with E-state index < -0.39 is 0 Å². The van der Waals surface area contributed by atoms with Crippen LogP contribution in [0.15, 0.2) is 60.0 Å². The number of hydrogen-bond donors (Lipinski definition) is 1. The molecule has 106 valence electrons. The predicted octanol–water partition coefficient (Wildman–Crippen LogP) is 6.33. The highest BCUT2D eigenvalue weighted by molar-refractivity contribution is 7.13. The highest BCUT2D eigenvalue weighted by Crippen LogP contribution is 2.31. The number of rotatable bonds is 4. The third kappa shape index (κ3) is 3.41. The Balaban J connectivity index is 1.81. The van der Waals surface area contributed by atoms with Gasteiger partial charge in [-0.3, -0.25) is 0 Å². The van der Waals surface area contributed by atoms with Gasteiger partial charge in [0.05, 0.1) is 10.0 Å². The van der Waals surface area contributed by atoms with Crippen molar-refractivity contribution in [1.29, 1.82) is 0 Å². The molecule has 1 N–H and O–H groups in total. The molecule has 0 aliphatic rings. The standard InChI is InChI=1S/C17H13Cl2NS/c18-14-8-7-12(10-15(14)19)11-20-16-5-2-1-4-13(16)17-6-3-9-21-17/h1-10,20H,11H2. The van der Waals surface area contributed by atoms with Gasteiger partial charge in [-0.15, -0.1) is 11.3 Å². The van der Waals surface area contributed by atoms with Crippen LogP contribution in [-0.4, -0.2) is 0 Å². The number of halogens is 2. The summed E-state index contributed by atoms with van der Waals surface area (Å²) in [5.74, 6) is 0. The normalized spacial score (nSPS) is 10.6. The average molecular weight is 334 g/mol. The van der Waals surface area contributed by atoms with Crippen LogP contribution in [0.4, 0.5) is 5.69 Å². The van der Waals surface area contributed by atoms with Crippen LogP contribution in [0.25, 0.3) is 10.4 Å². The van der Waals surface area contributed by atoms with Crippen molar-refractivity contribution in [3.63, 3.8) is 0 Å². The Labute approximate surface area is 138 Å². The first-order valence-electron chi connectivity index (χ1n) is 6.55. The quantitative estimate of drug-likeness (QED) is 0.587. The van der Waals surface area contributed by atoms with Crippen LogP contribution >= 0.6 is 34.5 Å². The second-order valence-electron chi connectivity index (χ2n) is 4.62. The molecule has 0 amide bonds. The molecule has 0 saturated carbocycles. The van der Waals surface area contributed by atoms with Crippen LogP contribution < -0.4 is 5.32 Å². The van der Waals surface area contributed by atoms with Gasteiger partial charge in [0.2, 0.25) is 0 Å². The summed E-state index contributed by atoms with van der Waals surface area (Å²) in [6, 6.07) is 18.2. The number of para-hydroxylation sites is 1. The fraction of sp³-hybridized carbons (Fsp3) is 0.0588. The van der Waals surface area contributed by atoms with Crippen LogP contribution in [0, 0.1) is 0 Å². The lowest BCUT2D eigenvalue weighted by Gasteiger charge is -2.11. The van der Waals surface area contributed by atoms with Gasteiger partial charge in [-0.25, -0.2) is 0 Å². The minimum absolute atomic E-state index is 0.583. The highest BCUT2D eigenvalue weighted by Gasteiger charge is 2.05. The second-order valence-corrected chi connectivity index (χ2v) is 6.39. The summed E-state index contributed by atoms with van der Waals surface area (Å²) >= 11 is 13.7. The van der Waals surface area contributed by atoms with Gasteiger partial charge in [-0.1, -0.05) is 53.5 Å². The Morgan fingerprint density at radius 1 is 0.905 bits per heavy atom. The molecule has 1 heterocycles. The monoisotopic (exact) mass is 333 g/mol. The number of thiophene rings is 1. The average Bonchev–Trinajstić information content (AvgIpc) is 3.03. The molecule has 4 heteroatoms. The molecule has 1 aromatic heterocycles. The lowest BCUT2D eigenvalue weighted by Crippen LogP contribution is -2.00. The molecule has 3 aromatic rings. The summed E-state index contributed by atoms with van der Waals surface area (Å²) in [6.45, 7) is 0.708. The molecule has 0 saturated heterocycles. The van der Waals surface area contributed by atoms with Crippen molar-refractivity contribution in [2.45, 2.75) is 6.54 Å². The van der Waals surface area contributed by atoms with E-state index in [0.29, 0.717) is 16.6 Å². The van der Waals surface area contributed by atoms with Crippen molar-refractivity contribution in [2.75, 3.05) is 5.32 Å². The maximum atomic E-state index is 6.05. The fourth-order valence-corrected chi connectivity index (χ4v) is 3.22. The molecule has 21 heavy (non-hydrogen) atoms. The van der Waals surface area contributed by atoms with Crippen LogP contribution in [0.5, 0.6) is 0 Å². The van der Waals surface area contributed by atoms with E-state index in [1.165, 1.54) is 10.4 Å². The summed E-state index contributed by atoms with van der Waals surface area (Å²) in [5, 5.41) is 6.73. The number of benzene rings is 2. The molecular weight excluding hydrogens is 321 g/mol. The smallest absolute Gasteiger partial charge is 0.0595 e. The van der Waals surface area contributed by atoms with Gasteiger partial charge < -0.3 is 5.32 Å². The SMILES string of the molecule is Clc1ccc(CNc2ccccc2-c2cccs2)cc1Cl. The molecule has 0 radical (unpaired) electrons. The van der Waals surface area contributed by atoms with Crippen LogP contribution in [-0.2, 0) is 6.54 Å². The Kier molecular flexibility index (Phi) is 4.49. The molecule has 0 bridgehead atoms. The van der Waals surface area contributed by atoms with Gasteiger partial charge in [0.1, 0.15) is 0 Å². The topological polar surface area (TPSA) is 12.0 Å². The van der Waals surface area contributed by atoms with E-state index in [0.717, 1.165) is 11.3 Å². The largest absolute Gasteiger partial charge is 0.380 e. The van der Waals surface area contributed by atoms with E-state index in [2.05, 4.69) is 41.0 Å². The maximum absolute atomic E-state index is 6.05. The molecule has 2 aromatic carbocycles. The van der Waals surface area contributed by atoms with Gasteiger partial charge >= 0.3 is 0 Å². The van der Waals surface area contributed by atoms with Crippen molar-refractivity contribution in [3.05, 3.63) is 75.6 Å².